The molecule has 0 N–H and O–H groups in total. The maximum absolute atomic E-state index is 11.7. The van der Waals surface area contributed by atoms with E-state index >= 15 is 0 Å². The van der Waals surface area contributed by atoms with Gasteiger partial charge in [-0.2, -0.15) is 0 Å². The standard InChI is InChI=1S/C10H8Br2N2O/c11-8-6-14(10(15)9(8)12)5-7-3-1-2-4-13-7/h1-4H,5-6H2. The topological polar surface area (TPSA) is 33.2 Å². The molecule has 0 atom stereocenters. The van der Waals surface area contributed by atoms with E-state index in [1.807, 2.05) is 18.2 Å². The Hall–Kier alpha value is -0.680. The Labute approximate surface area is 104 Å². The van der Waals surface area contributed by atoms with Crippen molar-refractivity contribution in [3.63, 3.8) is 0 Å². The van der Waals surface area contributed by atoms with E-state index in [1.165, 1.54) is 0 Å². The van der Waals surface area contributed by atoms with E-state index in [1.54, 1.807) is 11.1 Å². The first-order valence-corrected chi connectivity index (χ1v) is 6.00. The second kappa shape index (κ2) is 4.45. The zero-order chi connectivity index (χ0) is 10.8. The molecule has 0 fully saturated rings. The second-order valence-corrected chi connectivity index (χ2v) is 4.95. The molecule has 3 nitrogen and oxygen atoms in total. The molecule has 1 aromatic heterocycles. The fraction of sp³-hybridized carbons (Fsp3) is 0.200. The van der Waals surface area contributed by atoms with Gasteiger partial charge in [0.05, 0.1) is 23.3 Å². The Morgan fingerprint density at radius 2 is 2.20 bits per heavy atom. The van der Waals surface area contributed by atoms with Crippen LogP contribution in [0.2, 0.25) is 0 Å². The van der Waals surface area contributed by atoms with Crippen LogP contribution in [0.4, 0.5) is 0 Å². The van der Waals surface area contributed by atoms with Crippen LogP contribution in [-0.2, 0) is 11.3 Å². The van der Waals surface area contributed by atoms with Gasteiger partial charge in [0.25, 0.3) is 5.91 Å². The van der Waals surface area contributed by atoms with E-state index in [0.717, 1.165) is 10.2 Å². The lowest BCUT2D eigenvalue weighted by Gasteiger charge is -2.14. The number of carbonyl (C=O) groups excluding carboxylic acids is 1. The van der Waals surface area contributed by atoms with Crippen molar-refractivity contribution >= 4 is 37.8 Å². The molecule has 0 saturated heterocycles. The van der Waals surface area contributed by atoms with Crippen LogP contribution in [0.25, 0.3) is 0 Å². The van der Waals surface area contributed by atoms with E-state index in [2.05, 4.69) is 36.8 Å². The molecule has 2 heterocycles. The normalized spacial score (nSPS) is 16.4. The number of hydrogen-bond acceptors (Lipinski definition) is 2. The summed E-state index contributed by atoms with van der Waals surface area (Å²) in [6.07, 6.45) is 1.73. The average Bonchev–Trinajstić information content (AvgIpc) is 2.48. The number of aromatic nitrogens is 1. The van der Waals surface area contributed by atoms with Crippen molar-refractivity contribution in [1.82, 2.24) is 9.88 Å². The Bertz CT molecular complexity index is 417. The number of hydrogen-bond donors (Lipinski definition) is 0. The molecule has 15 heavy (non-hydrogen) atoms. The zero-order valence-electron chi connectivity index (χ0n) is 7.78. The first kappa shape index (κ1) is 10.8. The quantitative estimate of drug-likeness (QED) is 0.834. The van der Waals surface area contributed by atoms with Crippen LogP contribution in [0, 0.1) is 0 Å². The number of amides is 1. The van der Waals surface area contributed by atoms with Crippen molar-refractivity contribution in [3.8, 4) is 0 Å². The minimum atomic E-state index is 0.00697. The smallest absolute Gasteiger partial charge is 0.262 e. The minimum Gasteiger partial charge on any atom is -0.327 e. The highest BCUT2D eigenvalue weighted by Gasteiger charge is 2.27. The van der Waals surface area contributed by atoms with Crippen molar-refractivity contribution in [2.45, 2.75) is 6.54 Å². The Morgan fingerprint density at radius 3 is 2.73 bits per heavy atom. The molecule has 1 aromatic rings. The molecule has 5 heteroatoms. The van der Waals surface area contributed by atoms with E-state index in [9.17, 15) is 4.79 Å². The van der Waals surface area contributed by atoms with Gasteiger partial charge in [-0.05, 0) is 28.1 Å². The third-order valence-corrected chi connectivity index (χ3v) is 4.12. The Balaban J connectivity index is 2.08. The van der Waals surface area contributed by atoms with Crippen LogP contribution >= 0.6 is 31.9 Å². The summed E-state index contributed by atoms with van der Waals surface area (Å²) in [7, 11) is 0. The number of carbonyl (C=O) groups is 1. The molecule has 0 radical (unpaired) electrons. The third-order valence-electron chi connectivity index (χ3n) is 2.12. The van der Waals surface area contributed by atoms with E-state index < -0.39 is 0 Å². The highest BCUT2D eigenvalue weighted by Crippen LogP contribution is 2.28. The van der Waals surface area contributed by atoms with Crippen LogP contribution in [0.1, 0.15) is 5.69 Å². The fourth-order valence-corrected chi connectivity index (χ4v) is 2.23. The summed E-state index contributed by atoms with van der Waals surface area (Å²) in [5.74, 6) is 0.00697. The van der Waals surface area contributed by atoms with Gasteiger partial charge in [-0.1, -0.05) is 22.0 Å². The average molecular weight is 332 g/mol. The van der Waals surface area contributed by atoms with Crippen molar-refractivity contribution < 1.29 is 4.79 Å². The van der Waals surface area contributed by atoms with Crippen LogP contribution in [0.3, 0.4) is 0 Å². The summed E-state index contributed by atoms with van der Waals surface area (Å²) in [4.78, 5) is 17.6. The summed E-state index contributed by atoms with van der Waals surface area (Å²) in [5.41, 5.74) is 0.897. The van der Waals surface area contributed by atoms with Gasteiger partial charge in [-0.25, -0.2) is 0 Å². The molecule has 1 aliphatic rings. The molecule has 0 aliphatic carbocycles. The lowest BCUT2D eigenvalue weighted by atomic mass is 10.3. The van der Waals surface area contributed by atoms with Gasteiger partial charge >= 0.3 is 0 Å². The molecule has 2 rings (SSSR count). The number of rotatable bonds is 2. The second-order valence-electron chi connectivity index (χ2n) is 3.20. The Morgan fingerprint density at radius 1 is 1.40 bits per heavy atom. The van der Waals surface area contributed by atoms with Crippen LogP contribution in [0.15, 0.2) is 33.4 Å². The largest absolute Gasteiger partial charge is 0.327 e. The van der Waals surface area contributed by atoms with Crippen molar-refractivity contribution in [3.05, 3.63) is 39.1 Å². The SMILES string of the molecule is O=C1C(Br)=C(Br)CN1Cc1ccccn1. The molecular weight excluding hydrogens is 324 g/mol. The van der Waals surface area contributed by atoms with E-state index in [-0.39, 0.29) is 5.91 Å². The van der Waals surface area contributed by atoms with Crippen LogP contribution in [-0.4, -0.2) is 22.3 Å². The van der Waals surface area contributed by atoms with Gasteiger partial charge in [0, 0.05) is 10.7 Å². The van der Waals surface area contributed by atoms with Gasteiger partial charge in [0.1, 0.15) is 0 Å². The molecule has 0 unspecified atom stereocenters. The maximum atomic E-state index is 11.7. The molecule has 0 saturated carbocycles. The van der Waals surface area contributed by atoms with E-state index in [0.29, 0.717) is 17.6 Å². The number of nitrogens with zero attached hydrogens (tertiary/aromatic N) is 2. The molecule has 0 spiro atoms. The first-order valence-electron chi connectivity index (χ1n) is 4.42. The Kier molecular flexibility index (Phi) is 3.21. The lowest BCUT2D eigenvalue weighted by Crippen LogP contribution is -2.26. The highest BCUT2D eigenvalue weighted by atomic mass is 79.9. The number of pyridine rings is 1. The first-order chi connectivity index (χ1) is 7.18. The predicted octanol–water partition coefficient (Wildman–Crippen LogP) is 2.43. The molecule has 0 bridgehead atoms. The van der Waals surface area contributed by atoms with Crippen molar-refractivity contribution in [2.75, 3.05) is 6.54 Å². The molecule has 0 aromatic carbocycles. The molecular formula is C10H8Br2N2O. The highest BCUT2D eigenvalue weighted by molar-refractivity contribution is 9.14. The number of halogens is 2. The molecule has 1 aliphatic heterocycles. The van der Waals surface area contributed by atoms with Crippen LogP contribution in [0.5, 0.6) is 0 Å². The fourth-order valence-electron chi connectivity index (χ4n) is 1.38. The summed E-state index contributed by atoms with van der Waals surface area (Å²) < 4.78 is 1.50. The molecule has 1 amide bonds. The van der Waals surface area contributed by atoms with Crippen LogP contribution < -0.4 is 0 Å². The monoisotopic (exact) mass is 330 g/mol. The van der Waals surface area contributed by atoms with Gasteiger partial charge in [-0.15, -0.1) is 0 Å². The van der Waals surface area contributed by atoms with Gasteiger partial charge in [0.15, 0.2) is 0 Å². The predicted molar refractivity (Wildman–Crippen MR) is 64.5 cm³/mol. The van der Waals surface area contributed by atoms with Crippen molar-refractivity contribution in [1.29, 1.82) is 0 Å². The lowest BCUT2D eigenvalue weighted by molar-refractivity contribution is -0.125. The molecule has 78 valence electrons. The van der Waals surface area contributed by atoms with Gasteiger partial charge in [0.2, 0.25) is 0 Å². The van der Waals surface area contributed by atoms with Gasteiger partial charge < -0.3 is 4.90 Å². The third kappa shape index (κ3) is 2.29. The summed E-state index contributed by atoms with van der Waals surface area (Å²) in [6.45, 7) is 1.15. The zero-order valence-corrected chi connectivity index (χ0v) is 11.0. The van der Waals surface area contributed by atoms with E-state index in [4.69, 9.17) is 0 Å². The van der Waals surface area contributed by atoms with Crippen molar-refractivity contribution in [2.24, 2.45) is 0 Å². The minimum absolute atomic E-state index is 0.00697. The maximum Gasteiger partial charge on any atom is 0.262 e. The van der Waals surface area contributed by atoms with Gasteiger partial charge in [-0.3, -0.25) is 9.78 Å². The summed E-state index contributed by atoms with van der Waals surface area (Å²) in [5, 5.41) is 0. The summed E-state index contributed by atoms with van der Waals surface area (Å²) in [6, 6.07) is 5.69. The summed E-state index contributed by atoms with van der Waals surface area (Å²) >= 11 is 6.59.